The van der Waals surface area contributed by atoms with E-state index in [0.29, 0.717) is 28.1 Å². The number of carbonyl (C=O) groups excluding carboxylic acids is 1. The number of hydrogen-bond acceptors (Lipinski definition) is 5. The molecule has 8 nitrogen and oxygen atoms in total. The van der Waals surface area contributed by atoms with Crippen LogP contribution in [0.2, 0.25) is 0 Å². The first-order chi connectivity index (χ1) is 20.7. The van der Waals surface area contributed by atoms with Crippen LogP contribution in [0.1, 0.15) is 55.1 Å². The molecule has 1 amide bonds. The summed E-state index contributed by atoms with van der Waals surface area (Å²) in [5, 5.41) is 32.8. The third kappa shape index (κ3) is 8.61. The predicted octanol–water partition coefficient (Wildman–Crippen LogP) is 5.89. The quantitative estimate of drug-likeness (QED) is 0.140. The maximum absolute atomic E-state index is 14.0. The van der Waals surface area contributed by atoms with Gasteiger partial charge in [-0.1, -0.05) is 62.4 Å². The fraction of sp³-hybridized carbons (Fsp3) is 0.294. The summed E-state index contributed by atoms with van der Waals surface area (Å²) < 4.78 is 16.0. The highest BCUT2D eigenvalue weighted by molar-refractivity contribution is 6.12. The third-order valence-electron chi connectivity index (χ3n) is 6.93. The highest BCUT2D eigenvalue weighted by Gasteiger charge is 2.31. The van der Waals surface area contributed by atoms with Gasteiger partial charge in [0.05, 0.1) is 29.9 Å². The maximum atomic E-state index is 14.0. The zero-order valence-corrected chi connectivity index (χ0v) is 24.7. The standard InChI is InChI=1S/C33H35FN2O5.CH5N/c1-21(2)31-30(33(41)35-25-11-7-4-8-12-25)29(22-9-5-3-6-10-22)32(23-13-15-24(34)16-14-23)36(31)18-17-26(37)19-27(38)20-28(39)40;1-2/h3-16,21,26-27,37-38H,17-20H2,1-2H3,(H,35,41)(H,39,40);2H2,1H3. The van der Waals surface area contributed by atoms with Crippen LogP contribution in [0.25, 0.3) is 22.4 Å². The molecule has 0 aliphatic heterocycles. The molecule has 0 saturated carbocycles. The number of aliphatic carboxylic acids is 1. The Hall–Kier alpha value is -4.31. The molecule has 1 heterocycles. The van der Waals surface area contributed by atoms with E-state index in [-0.39, 0.29) is 37.0 Å². The van der Waals surface area contributed by atoms with Crippen LogP contribution in [0.15, 0.2) is 84.9 Å². The number of anilines is 1. The van der Waals surface area contributed by atoms with E-state index in [2.05, 4.69) is 11.1 Å². The number of benzene rings is 3. The van der Waals surface area contributed by atoms with Crippen LogP contribution in [0.4, 0.5) is 10.1 Å². The molecule has 0 bridgehead atoms. The molecule has 4 rings (SSSR count). The summed E-state index contributed by atoms with van der Waals surface area (Å²) in [6.45, 7) is 4.25. The van der Waals surface area contributed by atoms with Gasteiger partial charge < -0.3 is 30.9 Å². The monoisotopic (exact) mass is 589 g/mol. The molecule has 0 saturated heterocycles. The van der Waals surface area contributed by atoms with Gasteiger partial charge in [0.1, 0.15) is 5.82 Å². The van der Waals surface area contributed by atoms with E-state index < -0.39 is 24.6 Å². The van der Waals surface area contributed by atoms with Crippen molar-refractivity contribution < 1.29 is 29.3 Å². The number of nitrogens with zero attached hydrogens (tertiary/aromatic N) is 1. The Kier molecular flexibility index (Phi) is 12.2. The number of para-hydroxylation sites is 1. The molecule has 43 heavy (non-hydrogen) atoms. The Morgan fingerprint density at radius 3 is 2.00 bits per heavy atom. The summed E-state index contributed by atoms with van der Waals surface area (Å²) >= 11 is 0. The van der Waals surface area contributed by atoms with Gasteiger partial charge in [-0.3, -0.25) is 9.59 Å². The molecule has 9 heteroatoms. The van der Waals surface area contributed by atoms with Gasteiger partial charge in [0.25, 0.3) is 5.91 Å². The van der Waals surface area contributed by atoms with Crippen molar-refractivity contribution in [1.82, 2.24) is 4.57 Å². The molecule has 3 aromatic carbocycles. The van der Waals surface area contributed by atoms with Crippen LogP contribution in [-0.4, -0.2) is 51.0 Å². The zero-order valence-electron chi connectivity index (χ0n) is 24.7. The number of nitrogens with two attached hydrogens (primary N) is 1. The van der Waals surface area contributed by atoms with Gasteiger partial charge in [-0.15, -0.1) is 0 Å². The molecule has 2 unspecified atom stereocenters. The van der Waals surface area contributed by atoms with E-state index in [1.807, 2.05) is 79.1 Å². The van der Waals surface area contributed by atoms with Crippen molar-refractivity contribution in [1.29, 1.82) is 0 Å². The summed E-state index contributed by atoms with van der Waals surface area (Å²) in [5.41, 5.74) is 9.27. The van der Waals surface area contributed by atoms with E-state index in [1.165, 1.54) is 19.2 Å². The SMILES string of the molecule is CC(C)c1c(C(=O)Nc2ccccc2)c(-c2ccccc2)c(-c2ccc(F)cc2)n1CCC(O)CC(O)CC(=O)O.CN. The zero-order chi connectivity index (χ0) is 31.5. The minimum Gasteiger partial charge on any atom is -0.481 e. The van der Waals surface area contributed by atoms with Gasteiger partial charge in [-0.05, 0) is 73.3 Å². The van der Waals surface area contributed by atoms with Crippen LogP contribution >= 0.6 is 0 Å². The fourth-order valence-corrected chi connectivity index (χ4v) is 5.20. The molecule has 1 aromatic heterocycles. The van der Waals surface area contributed by atoms with Crippen molar-refractivity contribution >= 4 is 17.6 Å². The molecule has 0 fully saturated rings. The van der Waals surface area contributed by atoms with Crippen molar-refractivity contribution in [3.05, 3.63) is 102 Å². The highest BCUT2D eigenvalue weighted by atomic mass is 19.1. The van der Waals surface area contributed by atoms with Crippen molar-refractivity contribution in [3.8, 4) is 22.4 Å². The van der Waals surface area contributed by atoms with Crippen LogP contribution in [-0.2, 0) is 11.3 Å². The Labute approximate surface area is 251 Å². The predicted molar refractivity (Wildman–Crippen MR) is 167 cm³/mol. The van der Waals surface area contributed by atoms with E-state index in [9.17, 15) is 24.2 Å². The summed E-state index contributed by atoms with van der Waals surface area (Å²) in [6.07, 6.45) is -2.51. The van der Waals surface area contributed by atoms with Crippen LogP contribution in [0.5, 0.6) is 0 Å². The maximum Gasteiger partial charge on any atom is 0.305 e. The Balaban J connectivity index is 0.00000248. The van der Waals surface area contributed by atoms with Crippen molar-refractivity contribution in [2.75, 3.05) is 12.4 Å². The molecule has 0 aliphatic rings. The molecule has 4 aromatic rings. The minimum absolute atomic E-state index is 0.0939. The number of halogens is 1. The first-order valence-electron chi connectivity index (χ1n) is 14.3. The van der Waals surface area contributed by atoms with Crippen LogP contribution < -0.4 is 11.1 Å². The van der Waals surface area contributed by atoms with Crippen molar-refractivity contribution in [3.63, 3.8) is 0 Å². The van der Waals surface area contributed by atoms with Crippen LogP contribution in [0, 0.1) is 5.82 Å². The topological polar surface area (TPSA) is 138 Å². The van der Waals surface area contributed by atoms with E-state index in [4.69, 9.17) is 5.11 Å². The molecule has 0 spiro atoms. The van der Waals surface area contributed by atoms with Crippen LogP contribution in [0.3, 0.4) is 0 Å². The summed E-state index contributed by atoms with van der Waals surface area (Å²) in [4.78, 5) is 25.0. The third-order valence-corrected chi connectivity index (χ3v) is 6.93. The largest absolute Gasteiger partial charge is 0.481 e. The number of nitrogens with one attached hydrogen (secondary N) is 1. The smallest absolute Gasteiger partial charge is 0.305 e. The van der Waals surface area contributed by atoms with Crippen molar-refractivity contribution in [2.45, 2.75) is 57.8 Å². The Morgan fingerprint density at radius 1 is 0.860 bits per heavy atom. The second-order valence-electron chi connectivity index (χ2n) is 10.4. The van der Waals surface area contributed by atoms with E-state index in [1.54, 1.807) is 12.1 Å². The number of carboxylic acid groups (broad SMARTS) is 1. The number of amides is 1. The molecule has 6 N–H and O–H groups in total. The molecule has 2 atom stereocenters. The Bertz CT molecular complexity index is 1470. The van der Waals surface area contributed by atoms with E-state index >= 15 is 0 Å². The molecule has 0 aliphatic carbocycles. The number of rotatable bonds is 12. The summed E-state index contributed by atoms with van der Waals surface area (Å²) in [6, 6.07) is 24.8. The number of carboxylic acids is 1. The highest BCUT2D eigenvalue weighted by Crippen LogP contribution is 2.42. The molecular formula is C34H40FN3O5. The lowest BCUT2D eigenvalue weighted by atomic mass is 9.94. The van der Waals surface area contributed by atoms with Gasteiger partial charge in [0.15, 0.2) is 0 Å². The van der Waals surface area contributed by atoms with Gasteiger partial charge >= 0.3 is 5.97 Å². The lowest BCUT2D eigenvalue weighted by Gasteiger charge is -2.20. The first kappa shape index (κ1) is 33.2. The second kappa shape index (κ2) is 15.8. The summed E-state index contributed by atoms with van der Waals surface area (Å²) in [7, 11) is 1.50. The van der Waals surface area contributed by atoms with Gasteiger partial charge in [-0.2, -0.15) is 0 Å². The molecule has 0 radical (unpaired) electrons. The number of carbonyl (C=O) groups is 2. The number of aliphatic hydroxyl groups excluding tert-OH is 2. The van der Waals surface area contributed by atoms with Crippen molar-refractivity contribution in [2.24, 2.45) is 5.73 Å². The number of hydrogen-bond donors (Lipinski definition) is 5. The van der Waals surface area contributed by atoms with Gasteiger partial charge in [-0.25, -0.2) is 4.39 Å². The first-order valence-corrected chi connectivity index (χ1v) is 14.3. The van der Waals surface area contributed by atoms with E-state index in [0.717, 1.165) is 11.3 Å². The second-order valence-corrected chi connectivity index (χ2v) is 10.4. The fourth-order valence-electron chi connectivity index (χ4n) is 5.20. The lowest BCUT2D eigenvalue weighted by molar-refractivity contribution is -0.139. The normalized spacial score (nSPS) is 12.3. The number of aromatic nitrogens is 1. The minimum atomic E-state index is -1.18. The average molecular weight is 590 g/mol. The average Bonchev–Trinajstić information content (AvgIpc) is 3.33. The summed E-state index contributed by atoms with van der Waals surface area (Å²) in [5.74, 6) is -1.93. The lowest BCUT2D eigenvalue weighted by Crippen LogP contribution is -2.22. The number of aliphatic hydroxyl groups is 2. The molecule has 228 valence electrons. The van der Waals surface area contributed by atoms with Gasteiger partial charge in [0.2, 0.25) is 0 Å². The van der Waals surface area contributed by atoms with Gasteiger partial charge in [0, 0.05) is 23.5 Å². The Morgan fingerprint density at radius 2 is 1.44 bits per heavy atom. The molecular weight excluding hydrogens is 549 g/mol.